The van der Waals surface area contributed by atoms with E-state index in [1.165, 1.54) is 29.9 Å². The third-order valence-corrected chi connectivity index (χ3v) is 3.39. The summed E-state index contributed by atoms with van der Waals surface area (Å²) in [5.41, 5.74) is 7.09. The zero-order chi connectivity index (χ0) is 10.7. The molecule has 0 bridgehead atoms. The van der Waals surface area contributed by atoms with Gasteiger partial charge in [-0.2, -0.15) is 4.37 Å². The van der Waals surface area contributed by atoms with Gasteiger partial charge in [-0.25, -0.2) is 0 Å². The fraction of sp³-hybridized carbons (Fsp3) is 0.700. The molecule has 15 heavy (non-hydrogen) atoms. The molecule has 1 fully saturated rings. The van der Waals surface area contributed by atoms with Crippen LogP contribution in [0.25, 0.3) is 0 Å². The Balaban J connectivity index is 1.90. The van der Waals surface area contributed by atoms with Gasteiger partial charge in [0.05, 0.1) is 0 Å². The van der Waals surface area contributed by atoms with Gasteiger partial charge < -0.3 is 15.8 Å². The summed E-state index contributed by atoms with van der Waals surface area (Å²) < 4.78 is 9.20. The summed E-state index contributed by atoms with van der Waals surface area (Å²) in [6, 6.07) is 0. The fourth-order valence-electron chi connectivity index (χ4n) is 1.62. The van der Waals surface area contributed by atoms with Gasteiger partial charge in [0.25, 0.3) is 0 Å². The average Bonchev–Trinajstić information content (AvgIpc) is 2.99. The highest BCUT2D eigenvalue weighted by Gasteiger charge is 2.30. The quantitative estimate of drug-likeness (QED) is 0.730. The maximum Gasteiger partial charge on any atom is 0.142 e. The Labute approximate surface area is 94.0 Å². The Kier molecular flexibility index (Phi) is 3.43. The van der Waals surface area contributed by atoms with Crippen LogP contribution in [-0.2, 0) is 4.74 Å². The summed E-state index contributed by atoms with van der Waals surface area (Å²) in [6.07, 6.45) is 3.53. The van der Waals surface area contributed by atoms with Crippen LogP contribution in [0.15, 0.2) is 0 Å². The molecule has 1 aromatic rings. The van der Waals surface area contributed by atoms with Crippen molar-refractivity contribution in [2.45, 2.75) is 25.2 Å². The molecule has 1 aliphatic carbocycles. The highest BCUT2D eigenvalue weighted by atomic mass is 32.1. The lowest BCUT2D eigenvalue weighted by atomic mass is 10.2. The van der Waals surface area contributed by atoms with E-state index in [0.717, 1.165) is 30.4 Å². The first kappa shape index (κ1) is 10.7. The molecule has 5 heteroatoms. The second kappa shape index (κ2) is 4.81. The smallest absolute Gasteiger partial charge is 0.142 e. The molecule has 0 amide bonds. The summed E-state index contributed by atoms with van der Waals surface area (Å²) in [6.45, 7) is 1.72. The number of rotatable bonds is 6. The van der Waals surface area contributed by atoms with Gasteiger partial charge in [-0.3, -0.25) is 0 Å². The van der Waals surface area contributed by atoms with Gasteiger partial charge in [-0.1, -0.05) is 0 Å². The van der Waals surface area contributed by atoms with Crippen molar-refractivity contribution >= 4 is 22.4 Å². The van der Waals surface area contributed by atoms with Crippen molar-refractivity contribution in [3.05, 3.63) is 5.56 Å². The zero-order valence-electron chi connectivity index (χ0n) is 8.95. The minimum Gasteiger partial charge on any atom is -0.385 e. The Hall–Kier alpha value is -0.810. The molecule has 1 aliphatic rings. The van der Waals surface area contributed by atoms with Gasteiger partial charge in [-0.05, 0) is 36.7 Å². The summed E-state index contributed by atoms with van der Waals surface area (Å²) in [7, 11) is 1.72. The molecule has 2 rings (SSSR count). The SMILES string of the molecule is COCCCNc1snc(N)c1C1CC1. The minimum absolute atomic E-state index is 0.661. The number of hydrogen-bond acceptors (Lipinski definition) is 5. The second-order valence-corrected chi connectivity index (χ2v) is 4.63. The Bertz CT molecular complexity index is 322. The third kappa shape index (κ3) is 2.60. The predicted octanol–water partition coefficient (Wildman–Crippen LogP) is 2.05. The second-order valence-electron chi connectivity index (χ2n) is 3.86. The van der Waals surface area contributed by atoms with Crippen LogP contribution in [0.4, 0.5) is 10.8 Å². The summed E-state index contributed by atoms with van der Waals surface area (Å²) in [5.74, 6) is 1.38. The predicted molar refractivity (Wildman–Crippen MR) is 63.5 cm³/mol. The largest absolute Gasteiger partial charge is 0.385 e. The standard InChI is InChI=1S/C10H17N3OS/c1-14-6-2-5-12-10-8(7-3-4-7)9(11)13-15-10/h7,12H,2-6H2,1H3,(H2,11,13). The Morgan fingerprint density at radius 3 is 3.07 bits per heavy atom. The van der Waals surface area contributed by atoms with E-state index < -0.39 is 0 Å². The summed E-state index contributed by atoms with van der Waals surface area (Å²) in [4.78, 5) is 0. The van der Waals surface area contributed by atoms with E-state index >= 15 is 0 Å². The molecular weight excluding hydrogens is 210 g/mol. The first-order chi connectivity index (χ1) is 7.33. The van der Waals surface area contributed by atoms with Crippen molar-refractivity contribution in [3.63, 3.8) is 0 Å². The number of ether oxygens (including phenoxy) is 1. The monoisotopic (exact) mass is 227 g/mol. The van der Waals surface area contributed by atoms with E-state index in [1.807, 2.05) is 0 Å². The van der Waals surface area contributed by atoms with Crippen molar-refractivity contribution in [2.24, 2.45) is 0 Å². The van der Waals surface area contributed by atoms with Crippen LogP contribution in [0.1, 0.15) is 30.7 Å². The van der Waals surface area contributed by atoms with Crippen LogP contribution in [0, 0.1) is 0 Å². The lowest BCUT2D eigenvalue weighted by Crippen LogP contribution is -2.05. The van der Waals surface area contributed by atoms with Crippen molar-refractivity contribution in [3.8, 4) is 0 Å². The first-order valence-electron chi connectivity index (χ1n) is 5.30. The number of nitrogens with zero attached hydrogens (tertiary/aromatic N) is 1. The minimum atomic E-state index is 0.661. The zero-order valence-corrected chi connectivity index (χ0v) is 9.77. The molecule has 0 aliphatic heterocycles. The Morgan fingerprint density at radius 1 is 1.60 bits per heavy atom. The van der Waals surface area contributed by atoms with Crippen LogP contribution >= 0.6 is 11.5 Å². The third-order valence-electron chi connectivity index (χ3n) is 2.55. The maximum atomic E-state index is 5.85. The lowest BCUT2D eigenvalue weighted by molar-refractivity contribution is 0.198. The summed E-state index contributed by atoms with van der Waals surface area (Å²) >= 11 is 1.48. The molecule has 0 spiro atoms. The van der Waals surface area contributed by atoms with Crippen LogP contribution in [0.5, 0.6) is 0 Å². The first-order valence-corrected chi connectivity index (χ1v) is 6.08. The molecule has 0 aromatic carbocycles. The molecule has 84 valence electrons. The maximum absolute atomic E-state index is 5.85. The van der Waals surface area contributed by atoms with Gasteiger partial charge in [0.2, 0.25) is 0 Å². The summed E-state index contributed by atoms with van der Waals surface area (Å²) in [5, 5.41) is 4.54. The van der Waals surface area contributed by atoms with Gasteiger partial charge in [0.15, 0.2) is 0 Å². The van der Waals surface area contributed by atoms with Crippen molar-refractivity contribution in [1.29, 1.82) is 0 Å². The van der Waals surface area contributed by atoms with Gasteiger partial charge in [-0.15, -0.1) is 0 Å². The number of nitrogens with two attached hydrogens (primary N) is 1. The molecule has 0 saturated heterocycles. The Morgan fingerprint density at radius 2 is 2.40 bits per heavy atom. The fourth-order valence-corrected chi connectivity index (χ4v) is 2.45. The van der Waals surface area contributed by atoms with Gasteiger partial charge in [0, 0.05) is 25.8 Å². The number of methoxy groups -OCH3 is 1. The van der Waals surface area contributed by atoms with Crippen LogP contribution in [-0.4, -0.2) is 24.6 Å². The van der Waals surface area contributed by atoms with Gasteiger partial charge >= 0.3 is 0 Å². The van der Waals surface area contributed by atoms with E-state index in [2.05, 4.69) is 9.69 Å². The molecule has 1 heterocycles. The van der Waals surface area contributed by atoms with Gasteiger partial charge in [0.1, 0.15) is 10.8 Å². The number of nitrogens with one attached hydrogen (secondary N) is 1. The van der Waals surface area contributed by atoms with Crippen molar-refractivity contribution in [2.75, 3.05) is 31.3 Å². The normalized spacial score (nSPS) is 15.5. The highest BCUT2D eigenvalue weighted by Crippen LogP contribution is 2.47. The molecular formula is C10H17N3OS. The van der Waals surface area contributed by atoms with Crippen molar-refractivity contribution in [1.82, 2.24) is 4.37 Å². The highest BCUT2D eigenvalue weighted by molar-refractivity contribution is 7.10. The van der Waals surface area contributed by atoms with Crippen LogP contribution in [0.3, 0.4) is 0 Å². The number of aromatic nitrogens is 1. The average molecular weight is 227 g/mol. The topological polar surface area (TPSA) is 60.2 Å². The van der Waals surface area contributed by atoms with E-state index in [-0.39, 0.29) is 0 Å². The van der Waals surface area contributed by atoms with Crippen LogP contribution < -0.4 is 11.1 Å². The van der Waals surface area contributed by atoms with E-state index in [4.69, 9.17) is 10.5 Å². The molecule has 1 saturated carbocycles. The number of anilines is 2. The molecule has 4 nitrogen and oxygen atoms in total. The molecule has 0 radical (unpaired) electrons. The van der Waals surface area contributed by atoms with Crippen LogP contribution in [0.2, 0.25) is 0 Å². The van der Waals surface area contributed by atoms with E-state index in [0.29, 0.717) is 5.92 Å². The van der Waals surface area contributed by atoms with Crippen molar-refractivity contribution < 1.29 is 4.74 Å². The lowest BCUT2D eigenvalue weighted by Gasteiger charge is -2.05. The molecule has 1 aromatic heterocycles. The molecule has 0 unspecified atom stereocenters. The number of nitrogen functional groups attached to an aromatic ring is 1. The van der Waals surface area contributed by atoms with E-state index in [9.17, 15) is 0 Å². The van der Waals surface area contributed by atoms with E-state index in [1.54, 1.807) is 7.11 Å². The molecule has 0 atom stereocenters. The number of hydrogen-bond donors (Lipinski definition) is 2. The molecule has 3 N–H and O–H groups in total.